The molecule has 108 valence electrons. The predicted molar refractivity (Wildman–Crippen MR) is 72.7 cm³/mol. The number of carbonyl (C=O) groups is 2. The Morgan fingerprint density at radius 3 is 2.60 bits per heavy atom. The van der Waals surface area contributed by atoms with Gasteiger partial charge in [-0.1, -0.05) is 18.2 Å². The molecule has 0 atom stereocenters. The average Bonchev–Trinajstić information content (AvgIpc) is 3.26. The fraction of sp³-hybridized carbons (Fsp3) is 0.429. The van der Waals surface area contributed by atoms with E-state index >= 15 is 0 Å². The first kappa shape index (κ1) is 14.2. The monoisotopic (exact) mass is 278 g/mol. The molecule has 1 aliphatic rings. The summed E-state index contributed by atoms with van der Waals surface area (Å²) in [7, 11) is 0. The van der Waals surface area contributed by atoms with Crippen molar-refractivity contribution in [2.45, 2.75) is 18.9 Å². The number of aliphatic carboxylic acids is 1. The van der Waals surface area contributed by atoms with Gasteiger partial charge in [-0.3, -0.25) is 4.79 Å². The van der Waals surface area contributed by atoms with E-state index in [9.17, 15) is 9.59 Å². The van der Waals surface area contributed by atoms with Crippen molar-refractivity contribution in [3.8, 4) is 5.75 Å². The highest BCUT2D eigenvalue weighted by Gasteiger charge is 2.33. The topological polar surface area (TPSA) is 78.9 Å². The number of carboxylic acids is 1. The molecule has 1 aromatic carbocycles. The molecule has 6 nitrogen and oxygen atoms in total. The second-order valence-corrected chi connectivity index (χ2v) is 4.65. The van der Waals surface area contributed by atoms with Crippen molar-refractivity contribution in [2.75, 3.05) is 19.7 Å². The number of nitrogens with zero attached hydrogens (tertiary/aromatic N) is 1. The largest absolute Gasteiger partial charge is 0.492 e. The van der Waals surface area contributed by atoms with E-state index in [1.54, 1.807) is 0 Å². The molecule has 2 amide bonds. The number of carboxylic acid groups (broad SMARTS) is 1. The molecule has 1 fully saturated rings. The quantitative estimate of drug-likeness (QED) is 0.737. The number of carbonyl (C=O) groups excluding carboxylic acids is 1. The Hall–Kier alpha value is -2.24. The lowest BCUT2D eigenvalue weighted by atomic mass is 10.3. The maximum absolute atomic E-state index is 11.9. The standard InChI is InChI=1S/C14H18N2O4/c17-13(18)10-16(11-6-7-11)14(19)15-8-9-20-12-4-2-1-3-5-12/h1-5,11H,6-10H2,(H,15,19)(H,17,18). The zero-order chi connectivity index (χ0) is 14.4. The number of hydrogen-bond acceptors (Lipinski definition) is 3. The maximum Gasteiger partial charge on any atom is 0.323 e. The van der Waals surface area contributed by atoms with Gasteiger partial charge in [0.05, 0.1) is 6.54 Å². The number of para-hydroxylation sites is 1. The highest BCUT2D eigenvalue weighted by atomic mass is 16.5. The Bertz CT molecular complexity index is 460. The van der Waals surface area contributed by atoms with Crippen LogP contribution in [0.25, 0.3) is 0 Å². The Balaban J connectivity index is 1.69. The van der Waals surface area contributed by atoms with E-state index in [2.05, 4.69) is 5.32 Å². The molecule has 0 bridgehead atoms. The predicted octanol–water partition coefficient (Wildman–Crippen LogP) is 1.32. The van der Waals surface area contributed by atoms with Crippen LogP contribution in [0.2, 0.25) is 0 Å². The van der Waals surface area contributed by atoms with Crippen LogP contribution in [0.5, 0.6) is 5.75 Å². The van der Waals surface area contributed by atoms with E-state index in [0.29, 0.717) is 13.2 Å². The summed E-state index contributed by atoms with van der Waals surface area (Å²) in [6, 6.07) is 9.04. The summed E-state index contributed by atoms with van der Waals surface area (Å²) >= 11 is 0. The van der Waals surface area contributed by atoms with E-state index < -0.39 is 5.97 Å². The van der Waals surface area contributed by atoms with Crippen LogP contribution in [-0.4, -0.2) is 47.7 Å². The van der Waals surface area contributed by atoms with Crippen LogP contribution in [0.15, 0.2) is 30.3 Å². The molecule has 1 aromatic rings. The summed E-state index contributed by atoms with van der Waals surface area (Å²) in [4.78, 5) is 23.9. The third kappa shape index (κ3) is 4.46. The number of amides is 2. The van der Waals surface area contributed by atoms with Gasteiger partial charge in [0, 0.05) is 6.04 Å². The van der Waals surface area contributed by atoms with E-state index in [1.165, 1.54) is 4.90 Å². The fourth-order valence-corrected chi connectivity index (χ4v) is 1.84. The molecule has 0 aliphatic heterocycles. The van der Waals surface area contributed by atoms with Crippen molar-refractivity contribution in [3.63, 3.8) is 0 Å². The van der Waals surface area contributed by atoms with E-state index in [1.807, 2.05) is 30.3 Å². The van der Waals surface area contributed by atoms with Gasteiger partial charge in [0.1, 0.15) is 18.9 Å². The van der Waals surface area contributed by atoms with Crippen LogP contribution in [-0.2, 0) is 4.79 Å². The molecule has 0 heterocycles. The lowest BCUT2D eigenvalue weighted by Crippen LogP contribution is -2.45. The van der Waals surface area contributed by atoms with Crippen molar-refractivity contribution < 1.29 is 19.4 Å². The van der Waals surface area contributed by atoms with Crippen LogP contribution >= 0.6 is 0 Å². The highest BCUT2D eigenvalue weighted by molar-refractivity contribution is 5.80. The minimum Gasteiger partial charge on any atom is -0.492 e. The van der Waals surface area contributed by atoms with Gasteiger partial charge in [-0.2, -0.15) is 0 Å². The molecule has 0 spiro atoms. The third-order valence-electron chi connectivity index (χ3n) is 2.94. The number of benzene rings is 1. The molecule has 2 rings (SSSR count). The SMILES string of the molecule is O=C(O)CN(C(=O)NCCOc1ccccc1)C1CC1. The van der Waals surface area contributed by atoms with Gasteiger partial charge in [-0.15, -0.1) is 0 Å². The molecule has 0 radical (unpaired) electrons. The summed E-state index contributed by atoms with van der Waals surface area (Å²) in [6.07, 6.45) is 1.75. The second-order valence-electron chi connectivity index (χ2n) is 4.65. The number of ether oxygens (including phenoxy) is 1. The van der Waals surface area contributed by atoms with Gasteiger partial charge in [0.25, 0.3) is 0 Å². The first-order valence-corrected chi connectivity index (χ1v) is 6.61. The minimum atomic E-state index is -0.993. The van der Waals surface area contributed by atoms with Gasteiger partial charge in [-0.25, -0.2) is 4.79 Å². The molecule has 1 aliphatic carbocycles. The van der Waals surface area contributed by atoms with Crippen molar-refractivity contribution in [3.05, 3.63) is 30.3 Å². The van der Waals surface area contributed by atoms with E-state index in [4.69, 9.17) is 9.84 Å². The first-order valence-electron chi connectivity index (χ1n) is 6.61. The van der Waals surface area contributed by atoms with Crippen LogP contribution in [0.1, 0.15) is 12.8 Å². The number of hydrogen-bond donors (Lipinski definition) is 2. The molecule has 0 unspecified atom stereocenters. The summed E-state index contributed by atoms with van der Waals surface area (Å²) in [6.45, 7) is 0.438. The summed E-state index contributed by atoms with van der Waals surface area (Å²) in [5, 5.41) is 11.5. The minimum absolute atomic E-state index is 0.0705. The molecule has 6 heteroatoms. The van der Waals surface area contributed by atoms with Crippen molar-refractivity contribution in [2.24, 2.45) is 0 Å². The van der Waals surface area contributed by atoms with Crippen molar-refractivity contribution >= 4 is 12.0 Å². The molecule has 1 saturated carbocycles. The molecule has 20 heavy (non-hydrogen) atoms. The van der Waals surface area contributed by atoms with Gasteiger partial charge in [0.15, 0.2) is 0 Å². The number of nitrogens with one attached hydrogen (secondary N) is 1. The van der Waals surface area contributed by atoms with Gasteiger partial charge < -0.3 is 20.1 Å². The molecular weight excluding hydrogens is 260 g/mol. The average molecular weight is 278 g/mol. The zero-order valence-corrected chi connectivity index (χ0v) is 11.1. The lowest BCUT2D eigenvalue weighted by Gasteiger charge is -2.20. The molecule has 2 N–H and O–H groups in total. The summed E-state index contributed by atoms with van der Waals surface area (Å²) in [5.41, 5.74) is 0. The second kappa shape index (κ2) is 6.79. The normalized spacial score (nSPS) is 13.6. The Kier molecular flexibility index (Phi) is 4.81. The highest BCUT2D eigenvalue weighted by Crippen LogP contribution is 2.26. The van der Waals surface area contributed by atoms with Crippen LogP contribution in [0.3, 0.4) is 0 Å². The third-order valence-corrected chi connectivity index (χ3v) is 2.94. The number of rotatable bonds is 7. The lowest BCUT2D eigenvalue weighted by molar-refractivity contribution is -0.137. The van der Waals surface area contributed by atoms with Gasteiger partial charge in [-0.05, 0) is 25.0 Å². The van der Waals surface area contributed by atoms with Crippen molar-refractivity contribution in [1.29, 1.82) is 0 Å². The Morgan fingerprint density at radius 2 is 2.00 bits per heavy atom. The van der Waals surface area contributed by atoms with E-state index in [-0.39, 0.29) is 18.6 Å². The van der Waals surface area contributed by atoms with Gasteiger partial charge >= 0.3 is 12.0 Å². The molecule has 0 saturated heterocycles. The molecule has 0 aromatic heterocycles. The Labute approximate surface area is 117 Å². The fourth-order valence-electron chi connectivity index (χ4n) is 1.84. The summed E-state index contributed by atoms with van der Waals surface area (Å²) in [5.74, 6) is -0.251. The van der Waals surface area contributed by atoms with Crippen molar-refractivity contribution in [1.82, 2.24) is 10.2 Å². The van der Waals surface area contributed by atoms with Crippen LogP contribution in [0.4, 0.5) is 4.79 Å². The smallest absolute Gasteiger partial charge is 0.323 e. The van der Waals surface area contributed by atoms with E-state index in [0.717, 1.165) is 18.6 Å². The zero-order valence-electron chi connectivity index (χ0n) is 11.1. The Morgan fingerprint density at radius 1 is 1.30 bits per heavy atom. The number of urea groups is 1. The van der Waals surface area contributed by atoms with Crippen LogP contribution in [0, 0.1) is 0 Å². The summed E-state index contributed by atoms with van der Waals surface area (Å²) < 4.78 is 5.44. The maximum atomic E-state index is 11.9. The molecular formula is C14H18N2O4. The van der Waals surface area contributed by atoms with Crippen LogP contribution < -0.4 is 10.1 Å². The first-order chi connectivity index (χ1) is 9.66. The van der Waals surface area contributed by atoms with Gasteiger partial charge in [0.2, 0.25) is 0 Å².